The Hall–Kier alpha value is -4.30. The fourth-order valence-corrected chi connectivity index (χ4v) is 5.92. The third-order valence-electron chi connectivity index (χ3n) is 6.89. The van der Waals surface area contributed by atoms with E-state index < -0.39 is 5.60 Å². The summed E-state index contributed by atoms with van der Waals surface area (Å²) in [6.07, 6.45) is 3.86. The highest BCUT2D eigenvalue weighted by Crippen LogP contribution is 2.37. The maximum atomic E-state index is 10.6. The number of ether oxygens (including phenoxy) is 1. The topological polar surface area (TPSA) is 112 Å². The van der Waals surface area contributed by atoms with Crippen molar-refractivity contribution in [2.24, 2.45) is 5.10 Å². The summed E-state index contributed by atoms with van der Waals surface area (Å²) in [7, 11) is 0. The first kappa shape index (κ1) is 26.0. The molecule has 1 aliphatic heterocycles. The van der Waals surface area contributed by atoms with Crippen LogP contribution in [0, 0.1) is 11.3 Å². The van der Waals surface area contributed by atoms with E-state index in [9.17, 15) is 5.11 Å². The minimum atomic E-state index is -0.967. The maximum Gasteiger partial charge on any atom is 0.246 e. The van der Waals surface area contributed by atoms with Gasteiger partial charge in [0.15, 0.2) is 5.82 Å². The molecule has 1 saturated heterocycles. The minimum Gasteiger partial charge on any atom is -0.385 e. The van der Waals surface area contributed by atoms with Crippen molar-refractivity contribution < 1.29 is 9.84 Å². The Kier molecular flexibility index (Phi) is 6.94. The Balaban J connectivity index is 1.30. The summed E-state index contributed by atoms with van der Waals surface area (Å²) in [5.74, 6) is 1.22. The van der Waals surface area contributed by atoms with Gasteiger partial charge in [0.05, 0.1) is 46.9 Å². The second kappa shape index (κ2) is 10.7. The first-order chi connectivity index (χ1) is 19.4. The lowest BCUT2D eigenvalue weighted by atomic mass is 10.1. The summed E-state index contributed by atoms with van der Waals surface area (Å²) in [5.41, 5.74) is 6.67. The number of para-hydroxylation sites is 1. The van der Waals surface area contributed by atoms with E-state index in [4.69, 9.17) is 20.0 Å². The lowest BCUT2D eigenvalue weighted by Crippen LogP contribution is -2.36. The Morgan fingerprint density at radius 3 is 2.67 bits per heavy atom. The highest BCUT2D eigenvalue weighted by molar-refractivity contribution is 7.19. The molecular formula is C30H29N7O2S. The number of nitrogens with zero attached hydrogens (tertiary/aromatic N) is 6. The molecular weight excluding hydrogens is 522 g/mol. The molecule has 9 nitrogen and oxygen atoms in total. The number of nitrogens with one attached hydrogen (secondary N) is 1. The number of aromatic nitrogens is 3. The van der Waals surface area contributed by atoms with Gasteiger partial charge in [-0.2, -0.15) is 15.3 Å². The predicted octanol–water partition coefficient (Wildman–Crippen LogP) is 5.08. The van der Waals surface area contributed by atoms with Crippen molar-refractivity contribution in [3.05, 3.63) is 82.4 Å². The molecule has 5 aromatic rings. The molecule has 1 fully saturated rings. The number of fused-ring (bicyclic) bond motifs is 2. The van der Waals surface area contributed by atoms with Crippen LogP contribution >= 0.6 is 11.3 Å². The molecule has 0 atom stereocenters. The second-order valence-corrected chi connectivity index (χ2v) is 11.3. The van der Waals surface area contributed by atoms with Gasteiger partial charge in [0, 0.05) is 47.2 Å². The molecule has 0 aliphatic carbocycles. The van der Waals surface area contributed by atoms with Crippen LogP contribution in [0.15, 0.2) is 65.9 Å². The van der Waals surface area contributed by atoms with Crippen molar-refractivity contribution >= 4 is 50.4 Å². The van der Waals surface area contributed by atoms with Gasteiger partial charge in [-0.1, -0.05) is 30.3 Å². The number of nitriles is 1. The molecule has 2 N–H and O–H groups in total. The quantitative estimate of drug-likeness (QED) is 0.214. The molecule has 0 amide bonds. The van der Waals surface area contributed by atoms with Gasteiger partial charge in [-0.3, -0.25) is 0 Å². The van der Waals surface area contributed by atoms with Crippen LogP contribution in [0.25, 0.3) is 21.1 Å². The van der Waals surface area contributed by atoms with Crippen LogP contribution < -0.4 is 10.3 Å². The lowest BCUT2D eigenvalue weighted by molar-refractivity contribution is 0.0826. The highest BCUT2D eigenvalue weighted by atomic mass is 32.1. The maximum absolute atomic E-state index is 10.6. The van der Waals surface area contributed by atoms with E-state index in [1.807, 2.05) is 42.5 Å². The SMILES string of the molecule is CC(C)(O)c1cc2nc(N/N=C/c3cn(Cc4ccc(C#N)cc4)c4ccccc34)nc(N3CCOCC3)c2s1. The van der Waals surface area contributed by atoms with Crippen LogP contribution in [0.4, 0.5) is 11.8 Å². The first-order valence-electron chi connectivity index (χ1n) is 13.1. The minimum absolute atomic E-state index is 0.395. The molecule has 202 valence electrons. The van der Waals surface area contributed by atoms with Crippen molar-refractivity contribution in [1.29, 1.82) is 5.26 Å². The van der Waals surface area contributed by atoms with E-state index in [1.54, 1.807) is 20.1 Å². The molecule has 40 heavy (non-hydrogen) atoms. The molecule has 0 saturated carbocycles. The van der Waals surface area contributed by atoms with E-state index in [1.165, 1.54) is 11.3 Å². The molecule has 6 rings (SSSR count). The lowest BCUT2D eigenvalue weighted by Gasteiger charge is -2.28. The zero-order valence-electron chi connectivity index (χ0n) is 22.3. The third kappa shape index (κ3) is 5.27. The van der Waals surface area contributed by atoms with Gasteiger partial charge in [-0.25, -0.2) is 10.4 Å². The zero-order chi connectivity index (χ0) is 27.7. The number of rotatable bonds is 7. The van der Waals surface area contributed by atoms with Gasteiger partial charge in [0.1, 0.15) is 0 Å². The summed E-state index contributed by atoms with van der Waals surface area (Å²) < 4.78 is 8.67. The van der Waals surface area contributed by atoms with Crippen LogP contribution in [-0.2, 0) is 16.9 Å². The number of aliphatic hydroxyl groups is 1. The third-order valence-corrected chi connectivity index (χ3v) is 8.32. The molecule has 3 aromatic heterocycles. The molecule has 0 unspecified atom stereocenters. The Labute approximate surface area is 236 Å². The summed E-state index contributed by atoms with van der Waals surface area (Å²) in [5, 5.41) is 25.3. The normalized spacial score (nSPS) is 14.3. The van der Waals surface area contributed by atoms with Gasteiger partial charge in [0.2, 0.25) is 5.95 Å². The number of benzene rings is 2. The standard InChI is InChI=1S/C30H29N7O2S/c1-30(2,38)26-15-24-27(40-26)28(36-11-13-39-14-12-36)34-29(33-24)35-32-17-22-19-37(25-6-4-3-5-23(22)25)18-21-9-7-20(16-31)8-10-21/h3-10,15,17,19,38H,11-14,18H2,1-2H3,(H,33,34,35)/b32-17+. The van der Waals surface area contributed by atoms with Crippen molar-refractivity contribution in [3.8, 4) is 6.07 Å². The number of anilines is 2. The Morgan fingerprint density at radius 1 is 1.15 bits per heavy atom. The van der Waals surface area contributed by atoms with Crippen molar-refractivity contribution in [2.45, 2.75) is 26.0 Å². The molecule has 4 heterocycles. The predicted molar refractivity (Wildman–Crippen MR) is 159 cm³/mol. The molecule has 1 aliphatic rings. The number of morpholine rings is 1. The fourth-order valence-electron chi connectivity index (χ4n) is 4.81. The van der Waals surface area contributed by atoms with E-state index in [-0.39, 0.29) is 0 Å². The summed E-state index contributed by atoms with van der Waals surface area (Å²) in [6, 6.07) is 19.9. The van der Waals surface area contributed by atoms with Gasteiger partial charge < -0.3 is 19.3 Å². The van der Waals surface area contributed by atoms with Crippen molar-refractivity contribution in [3.63, 3.8) is 0 Å². The summed E-state index contributed by atoms with van der Waals surface area (Å²) in [6.45, 7) is 7.00. The number of hydrogen-bond donors (Lipinski definition) is 2. The van der Waals surface area contributed by atoms with Gasteiger partial charge >= 0.3 is 0 Å². The van der Waals surface area contributed by atoms with Crippen LogP contribution in [-0.4, -0.2) is 52.2 Å². The molecule has 0 spiro atoms. The number of hydrazone groups is 1. The van der Waals surface area contributed by atoms with E-state index in [0.29, 0.717) is 31.3 Å². The van der Waals surface area contributed by atoms with Crippen LogP contribution in [0.2, 0.25) is 0 Å². The van der Waals surface area contributed by atoms with Crippen molar-refractivity contribution in [2.75, 3.05) is 36.6 Å². The zero-order valence-corrected chi connectivity index (χ0v) is 23.1. The van der Waals surface area contributed by atoms with Crippen LogP contribution in [0.3, 0.4) is 0 Å². The van der Waals surface area contributed by atoms with Gasteiger partial charge in [-0.15, -0.1) is 11.3 Å². The smallest absolute Gasteiger partial charge is 0.246 e. The molecule has 10 heteroatoms. The Bertz CT molecular complexity index is 1740. The van der Waals surface area contributed by atoms with Crippen LogP contribution in [0.5, 0.6) is 0 Å². The molecule has 0 bridgehead atoms. The van der Waals surface area contributed by atoms with Crippen LogP contribution in [0.1, 0.15) is 35.4 Å². The number of thiophene rings is 1. The average Bonchev–Trinajstić information content (AvgIpc) is 3.56. The highest BCUT2D eigenvalue weighted by Gasteiger charge is 2.24. The molecule has 2 aromatic carbocycles. The van der Waals surface area contributed by atoms with E-state index in [2.05, 4.69) is 44.4 Å². The summed E-state index contributed by atoms with van der Waals surface area (Å²) in [4.78, 5) is 12.6. The van der Waals surface area contributed by atoms with E-state index >= 15 is 0 Å². The first-order valence-corrected chi connectivity index (χ1v) is 13.9. The van der Waals surface area contributed by atoms with Gasteiger partial charge in [-0.05, 0) is 43.7 Å². The fraction of sp³-hybridized carbons (Fsp3) is 0.267. The average molecular weight is 552 g/mol. The monoisotopic (exact) mass is 551 g/mol. The van der Waals surface area contributed by atoms with Gasteiger partial charge in [0.25, 0.3) is 0 Å². The Morgan fingerprint density at radius 2 is 1.93 bits per heavy atom. The molecule has 0 radical (unpaired) electrons. The van der Waals surface area contributed by atoms with E-state index in [0.717, 1.165) is 56.0 Å². The summed E-state index contributed by atoms with van der Waals surface area (Å²) >= 11 is 1.52. The number of hydrogen-bond acceptors (Lipinski definition) is 9. The van der Waals surface area contributed by atoms with Crippen molar-refractivity contribution in [1.82, 2.24) is 14.5 Å². The largest absolute Gasteiger partial charge is 0.385 e. The second-order valence-electron chi connectivity index (χ2n) is 10.3.